The third kappa shape index (κ3) is 4.56. The molecule has 7 heteroatoms. The summed E-state index contributed by atoms with van der Waals surface area (Å²) in [5.74, 6) is 0.555. The van der Waals surface area contributed by atoms with E-state index in [2.05, 4.69) is 37.0 Å². The molecule has 0 radical (unpaired) electrons. The van der Waals surface area contributed by atoms with E-state index in [1.807, 2.05) is 24.3 Å². The quantitative estimate of drug-likeness (QED) is 0.670. The summed E-state index contributed by atoms with van der Waals surface area (Å²) in [5.41, 5.74) is 0.784. The van der Waals surface area contributed by atoms with Crippen LogP contribution in [-0.2, 0) is 11.3 Å². The highest BCUT2D eigenvalue weighted by molar-refractivity contribution is 9.10. The zero-order valence-electron chi connectivity index (χ0n) is 11.5. The van der Waals surface area contributed by atoms with Crippen molar-refractivity contribution in [2.45, 2.75) is 17.5 Å². The van der Waals surface area contributed by atoms with Crippen LogP contribution in [0.1, 0.15) is 11.8 Å². The number of hydrogen-bond acceptors (Lipinski definition) is 4. The number of thioether (sulfide) groups is 1. The van der Waals surface area contributed by atoms with Gasteiger partial charge in [0.15, 0.2) is 0 Å². The molecule has 0 saturated heterocycles. The molecule has 1 heterocycles. The Morgan fingerprint density at radius 3 is 2.81 bits per heavy atom. The van der Waals surface area contributed by atoms with Gasteiger partial charge in [0.05, 0.1) is 29.5 Å². The Morgan fingerprint density at radius 1 is 1.33 bits per heavy atom. The molecule has 0 aliphatic carbocycles. The summed E-state index contributed by atoms with van der Waals surface area (Å²) in [6.45, 7) is 1.18. The molecule has 0 saturated carbocycles. The van der Waals surface area contributed by atoms with Gasteiger partial charge in [-0.05, 0) is 44.0 Å². The van der Waals surface area contributed by atoms with Gasteiger partial charge in [-0.25, -0.2) is 0 Å². The zero-order valence-corrected chi connectivity index (χ0v) is 15.5. The largest absolute Gasteiger partial charge is 0.386 e. The summed E-state index contributed by atoms with van der Waals surface area (Å²) in [6, 6.07) is 7.98. The standard InChI is InChI=1S/C14H16Br2N2O2S/c1-20-7-6-18-14(11(16)8-17-18)12(19)9-21-13-5-3-2-4-10(13)15/h2-5,8,12,19H,6-7,9H2,1H3. The van der Waals surface area contributed by atoms with Crippen molar-refractivity contribution in [3.63, 3.8) is 0 Å². The number of methoxy groups -OCH3 is 1. The number of hydrogen-bond donors (Lipinski definition) is 1. The van der Waals surface area contributed by atoms with Crippen LogP contribution >= 0.6 is 43.6 Å². The first-order valence-electron chi connectivity index (χ1n) is 6.39. The highest BCUT2D eigenvalue weighted by Gasteiger charge is 2.18. The summed E-state index contributed by atoms with van der Waals surface area (Å²) in [6.07, 6.45) is 1.10. The third-order valence-electron chi connectivity index (χ3n) is 2.89. The molecule has 1 atom stereocenters. The van der Waals surface area contributed by atoms with Gasteiger partial charge in [-0.3, -0.25) is 4.68 Å². The second-order valence-electron chi connectivity index (χ2n) is 4.35. The number of ether oxygens (including phenoxy) is 1. The first-order chi connectivity index (χ1) is 10.1. The summed E-state index contributed by atoms with van der Waals surface area (Å²) < 4.78 is 8.70. The Morgan fingerprint density at radius 2 is 2.10 bits per heavy atom. The molecule has 0 amide bonds. The maximum atomic E-state index is 10.5. The van der Waals surface area contributed by atoms with E-state index < -0.39 is 6.10 Å². The molecule has 2 aromatic rings. The van der Waals surface area contributed by atoms with E-state index in [1.165, 1.54) is 0 Å². The van der Waals surface area contributed by atoms with Gasteiger partial charge in [-0.2, -0.15) is 5.10 Å². The first-order valence-corrected chi connectivity index (χ1v) is 8.96. The van der Waals surface area contributed by atoms with Gasteiger partial charge in [0, 0.05) is 22.2 Å². The molecule has 0 spiro atoms. The summed E-state index contributed by atoms with van der Waals surface area (Å²) >= 11 is 8.56. The van der Waals surface area contributed by atoms with Crippen LogP contribution in [0.4, 0.5) is 0 Å². The van der Waals surface area contributed by atoms with Crippen molar-refractivity contribution in [1.82, 2.24) is 9.78 Å². The minimum Gasteiger partial charge on any atom is -0.386 e. The van der Waals surface area contributed by atoms with E-state index in [4.69, 9.17) is 4.74 Å². The topological polar surface area (TPSA) is 47.3 Å². The normalized spacial score (nSPS) is 12.6. The van der Waals surface area contributed by atoms with Crippen LogP contribution in [0.5, 0.6) is 0 Å². The first kappa shape index (κ1) is 17.0. The monoisotopic (exact) mass is 434 g/mol. The van der Waals surface area contributed by atoms with Crippen LogP contribution in [-0.4, -0.2) is 34.4 Å². The zero-order chi connectivity index (χ0) is 15.2. The van der Waals surface area contributed by atoms with Gasteiger partial charge < -0.3 is 9.84 Å². The number of benzene rings is 1. The minimum absolute atomic E-state index is 0.555. The molecule has 1 aromatic carbocycles. The van der Waals surface area contributed by atoms with Crippen LogP contribution in [0, 0.1) is 0 Å². The number of aliphatic hydroxyl groups is 1. The maximum absolute atomic E-state index is 10.5. The summed E-state index contributed by atoms with van der Waals surface area (Å²) in [5, 5.41) is 14.7. The average Bonchev–Trinajstić information content (AvgIpc) is 2.85. The van der Waals surface area contributed by atoms with Crippen LogP contribution < -0.4 is 0 Å². The molecule has 0 fully saturated rings. The fourth-order valence-corrected chi connectivity index (χ4v) is 3.93. The van der Waals surface area contributed by atoms with Gasteiger partial charge >= 0.3 is 0 Å². The van der Waals surface area contributed by atoms with Crippen LogP contribution in [0.3, 0.4) is 0 Å². The molecule has 21 heavy (non-hydrogen) atoms. The van der Waals surface area contributed by atoms with E-state index in [9.17, 15) is 5.11 Å². The Hall–Kier alpha value is -0.340. The fourth-order valence-electron chi connectivity index (χ4n) is 1.87. The molecule has 4 nitrogen and oxygen atoms in total. The number of halogens is 2. The number of rotatable bonds is 7. The Kier molecular flexibility index (Phi) is 6.75. The van der Waals surface area contributed by atoms with E-state index in [1.54, 1.807) is 29.8 Å². The molecule has 0 aliphatic rings. The Bertz CT molecular complexity index is 592. The lowest BCUT2D eigenvalue weighted by molar-refractivity contribution is 0.166. The van der Waals surface area contributed by atoms with Gasteiger partial charge in [0.25, 0.3) is 0 Å². The van der Waals surface area contributed by atoms with Crippen molar-refractivity contribution in [2.75, 3.05) is 19.5 Å². The average molecular weight is 436 g/mol. The van der Waals surface area contributed by atoms with Gasteiger partial charge in [-0.15, -0.1) is 11.8 Å². The van der Waals surface area contributed by atoms with Gasteiger partial charge in [-0.1, -0.05) is 12.1 Å². The van der Waals surface area contributed by atoms with E-state index in [0.29, 0.717) is 18.9 Å². The van der Waals surface area contributed by atoms with Crippen molar-refractivity contribution < 1.29 is 9.84 Å². The molecule has 2 rings (SSSR count). The molecule has 0 bridgehead atoms. The SMILES string of the molecule is COCCn1ncc(Br)c1C(O)CSc1ccccc1Br. The van der Waals surface area contributed by atoms with E-state index >= 15 is 0 Å². The fraction of sp³-hybridized carbons (Fsp3) is 0.357. The van der Waals surface area contributed by atoms with Crippen molar-refractivity contribution >= 4 is 43.6 Å². The molecular weight excluding hydrogens is 420 g/mol. The number of aliphatic hydroxyl groups excluding tert-OH is 1. The van der Waals surface area contributed by atoms with Crippen molar-refractivity contribution in [2.24, 2.45) is 0 Å². The second kappa shape index (κ2) is 8.33. The van der Waals surface area contributed by atoms with E-state index in [-0.39, 0.29) is 0 Å². The van der Waals surface area contributed by atoms with Crippen molar-refractivity contribution in [3.05, 3.63) is 45.1 Å². The van der Waals surface area contributed by atoms with Crippen molar-refractivity contribution in [1.29, 1.82) is 0 Å². The second-order valence-corrected chi connectivity index (χ2v) is 7.12. The summed E-state index contributed by atoms with van der Waals surface area (Å²) in [4.78, 5) is 1.11. The molecule has 1 aromatic heterocycles. The van der Waals surface area contributed by atoms with Crippen molar-refractivity contribution in [3.8, 4) is 0 Å². The van der Waals surface area contributed by atoms with Crippen LogP contribution in [0.15, 0.2) is 44.3 Å². The predicted octanol–water partition coefficient (Wildman–Crippen LogP) is 3.88. The third-order valence-corrected chi connectivity index (χ3v) is 5.60. The summed E-state index contributed by atoms with van der Waals surface area (Å²) in [7, 11) is 1.65. The van der Waals surface area contributed by atoms with E-state index in [0.717, 1.165) is 19.5 Å². The number of aromatic nitrogens is 2. The van der Waals surface area contributed by atoms with Gasteiger partial charge in [0.2, 0.25) is 0 Å². The highest BCUT2D eigenvalue weighted by Crippen LogP contribution is 2.32. The molecule has 1 unspecified atom stereocenters. The minimum atomic E-state index is -0.601. The van der Waals surface area contributed by atoms with Crippen LogP contribution in [0.25, 0.3) is 0 Å². The lowest BCUT2D eigenvalue weighted by atomic mass is 10.3. The molecule has 1 N–H and O–H groups in total. The molecular formula is C14H16Br2N2O2S. The number of nitrogens with zero attached hydrogens (tertiary/aromatic N) is 2. The van der Waals surface area contributed by atoms with Crippen LogP contribution in [0.2, 0.25) is 0 Å². The lowest BCUT2D eigenvalue weighted by Crippen LogP contribution is -2.14. The molecule has 0 aliphatic heterocycles. The smallest absolute Gasteiger partial charge is 0.106 e. The highest BCUT2D eigenvalue weighted by atomic mass is 79.9. The predicted molar refractivity (Wildman–Crippen MR) is 91.6 cm³/mol. The van der Waals surface area contributed by atoms with Gasteiger partial charge in [0.1, 0.15) is 6.10 Å². The Labute approximate surface area is 145 Å². The molecule has 114 valence electrons. The Balaban J connectivity index is 2.05. The maximum Gasteiger partial charge on any atom is 0.106 e. The lowest BCUT2D eigenvalue weighted by Gasteiger charge is -2.14.